The third-order valence-corrected chi connectivity index (χ3v) is 4.07. The standard InChI is InChI=1S/C16H19ClN4O2/c1-2-3-14-15(16(22)20-8-10-23-11-9-20)18-19-21(14)13-6-4-12(17)5-7-13/h4-7H,2-3,8-11H2,1H3. The zero-order valence-electron chi connectivity index (χ0n) is 13.0. The predicted molar refractivity (Wildman–Crippen MR) is 87.1 cm³/mol. The average Bonchev–Trinajstić information content (AvgIpc) is 3.00. The van der Waals surface area contributed by atoms with E-state index in [-0.39, 0.29) is 5.91 Å². The number of hydrogen-bond donors (Lipinski definition) is 0. The molecule has 1 aromatic carbocycles. The van der Waals surface area contributed by atoms with Crippen molar-refractivity contribution in [2.24, 2.45) is 0 Å². The molecule has 1 aromatic heterocycles. The van der Waals surface area contributed by atoms with Crippen LogP contribution < -0.4 is 0 Å². The lowest BCUT2D eigenvalue weighted by Gasteiger charge is -2.26. The summed E-state index contributed by atoms with van der Waals surface area (Å²) in [5.41, 5.74) is 2.13. The van der Waals surface area contributed by atoms with Crippen LogP contribution in [0.4, 0.5) is 0 Å². The van der Waals surface area contributed by atoms with Crippen LogP contribution in [0.5, 0.6) is 0 Å². The molecule has 7 heteroatoms. The summed E-state index contributed by atoms with van der Waals surface area (Å²) >= 11 is 5.94. The van der Waals surface area contributed by atoms with E-state index in [1.807, 2.05) is 12.1 Å². The first-order valence-corrected chi connectivity index (χ1v) is 8.16. The van der Waals surface area contributed by atoms with E-state index in [0.29, 0.717) is 37.0 Å². The van der Waals surface area contributed by atoms with Crippen molar-refractivity contribution in [3.05, 3.63) is 40.7 Å². The summed E-state index contributed by atoms with van der Waals surface area (Å²) in [5, 5.41) is 9.01. The number of amides is 1. The molecular formula is C16H19ClN4O2. The Kier molecular flexibility index (Phi) is 4.93. The zero-order chi connectivity index (χ0) is 16.2. The Morgan fingerprint density at radius 2 is 1.96 bits per heavy atom. The maximum Gasteiger partial charge on any atom is 0.276 e. The molecule has 1 aliphatic heterocycles. The molecule has 0 spiro atoms. The lowest BCUT2D eigenvalue weighted by atomic mass is 10.1. The van der Waals surface area contributed by atoms with E-state index >= 15 is 0 Å². The van der Waals surface area contributed by atoms with Gasteiger partial charge in [-0.3, -0.25) is 4.79 Å². The van der Waals surface area contributed by atoms with Gasteiger partial charge in [-0.15, -0.1) is 5.10 Å². The van der Waals surface area contributed by atoms with Gasteiger partial charge in [0, 0.05) is 18.1 Å². The number of benzene rings is 1. The fraction of sp³-hybridized carbons (Fsp3) is 0.438. The van der Waals surface area contributed by atoms with Gasteiger partial charge in [0.15, 0.2) is 5.69 Å². The fourth-order valence-corrected chi connectivity index (χ4v) is 2.76. The summed E-state index contributed by atoms with van der Waals surface area (Å²) in [6.45, 7) is 4.40. The summed E-state index contributed by atoms with van der Waals surface area (Å²) < 4.78 is 7.03. The maximum absolute atomic E-state index is 12.7. The van der Waals surface area contributed by atoms with Gasteiger partial charge in [-0.05, 0) is 30.7 Å². The summed E-state index contributed by atoms with van der Waals surface area (Å²) in [6, 6.07) is 7.36. The van der Waals surface area contributed by atoms with E-state index in [0.717, 1.165) is 24.2 Å². The molecule has 2 heterocycles. The molecule has 1 fully saturated rings. The Balaban J connectivity index is 1.94. The Bertz CT molecular complexity index is 678. The monoisotopic (exact) mass is 334 g/mol. The number of morpholine rings is 1. The highest BCUT2D eigenvalue weighted by Gasteiger charge is 2.25. The van der Waals surface area contributed by atoms with Crippen molar-refractivity contribution in [3.8, 4) is 5.69 Å². The molecule has 0 radical (unpaired) electrons. The Hall–Kier alpha value is -1.92. The first-order valence-electron chi connectivity index (χ1n) is 7.78. The molecular weight excluding hydrogens is 316 g/mol. The summed E-state index contributed by atoms with van der Waals surface area (Å²) in [5.74, 6) is -0.0723. The SMILES string of the molecule is CCCc1c(C(=O)N2CCOCC2)nnn1-c1ccc(Cl)cc1. The van der Waals surface area contributed by atoms with E-state index in [9.17, 15) is 4.79 Å². The lowest BCUT2D eigenvalue weighted by molar-refractivity contribution is 0.0298. The Labute approximate surface area is 140 Å². The normalized spacial score (nSPS) is 15.0. The number of carbonyl (C=O) groups is 1. The highest BCUT2D eigenvalue weighted by atomic mass is 35.5. The van der Waals surface area contributed by atoms with Gasteiger partial charge >= 0.3 is 0 Å². The van der Waals surface area contributed by atoms with Crippen molar-refractivity contribution in [1.82, 2.24) is 19.9 Å². The van der Waals surface area contributed by atoms with Crippen molar-refractivity contribution >= 4 is 17.5 Å². The maximum atomic E-state index is 12.7. The molecule has 1 amide bonds. The minimum Gasteiger partial charge on any atom is -0.378 e. The zero-order valence-corrected chi connectivity index (χ0v) is 13.8. The minimum atomic E-state index is -0.0723. The van der Waals surface area contributed by atoms with E-state index < -0.39 is 0 Å². The topological polar surface area (TPSA) is 60.3 Å². The van der Waals surface area contributed by atoms with Gasteiger partial charge in [0.05, 0.1) is 24.6 Å². The number of ether oxygens (including phenoxy) is 1. The summed E-state index contributed by atoms with van der Waals surface area (Å²) in [6.07, 6.45) is 1.64. The molecule has 0 saturated carbocycles. The van der Waals surface area contributed by atoms with E-state index in [4.69, 9.17) is 16.3 Å². The van der Waals surface area contributed by atoms with Gasteiger partial charge in [-0.25, -0.2) is 4.68 Å². The average molecular weight is 335 g/mol. The summed E-state index contributed by atoms with van der Waals surface area (Å²) in [7, 11) is 0. The number of halogens is 1. The molecule has 1 aliphatic rings. The van der Waals surface area contributed by atoms with Gasteiger partial charge in [0.25, 0.3) is 5.91 Å². The highest BCUT2D eigenvalue weighted by Crippen LogP contribution is 2.19. The smallest absolute Gasteiger partial charge is 0.276 e. The van der Waals surface area contributed by atoms with Crippen LogP contribution in [0.3, 0.4) is 0 Å². The van der Waals surface area contributed by atoms with Crippen molar-refractivity contribution in [2.45, 2.75) is 19.8 Å². The third-order valence-electron chi connectivity index (χ3n) is 3.82. The molecule has 23 heavy (non-hydrogen) atoms. The number of carbonyl (C=O) groups excluding carboxylic acids is 1. The van der Waals surface area contributed by atoms with Crippen molar-refractivity contribution in [2.75, 3.05) is 26.3 Å². The molecule has 1 saturated heterocycles. The molecule has 6 nitrogen and oxygen atoms in total. The molecule has 2 aromatic rings. The quantitative estimate of drug-likeness (QED) is 0.861. The molecule has 0 aliphatic carbocycles. The van der Waals surface area contributed by atoms with Crippen molar-refractivity contribution in [3.63, 3.8) is 0 Å². The Morgan fingerprint density at radius 1 is 1.26 bits per heavy atom. The number of rotatable bonds is 4. The van der Waals surface area contributed by atoms with Gasteiger partial charge < -0.3 is 9.64 Å². The van der Waals surface area contributed by atoms with Crippen LogP contribution in [0, 0.1) is 0 Å². The molecule has 122 valence electrons. The van der Waals surface area contributed by atoms with Gasteiger partial charge in [0.2, 0.25) is 0 Å². The van der Waals surface area contributed by atoms with Gasteiger partial charge in [0.1, 0.15) is 0 Å². The molecule has 0 atom stereocenters. The number of nitrogens with zero attached hydrogens (tertiary/aromatic N) is 4. The fourth-order valence-electron chi connectivity index (χ4n) is 2.63. The van der Waals surface area contributed by atoms with Crippen LogP contribution in [0.2, 0.25) is 5.02 Å². The van der Waals surface area contributed by atoms with Crippen LogP contribution >= 0.6 is 11.6 Å². The van der Waals surface area contributed by atoms with Crippen LogP contribution in [0.15, 0.2) is 24.3 Å². The number of hydrogen-bond acceptors (Lipinski definition) is 4. The van der Waals surface area contributed by atoms with Crippen molar-refractivity contribution < 1.29 is 9.53 Å². The van der Waals surface area contributed by atoms with Crippen LogP contribution in [-0.2, 0) is 11.2 Å². The van der Waals surface area contributed by atoms with E-state index in [1.165, 1.54) is 0 Å². The largest absolute Gasteiger partial charge is 0.378 e. The predicted octanol–water partition coefficient (Wildman–Crippen LogP) is 2.35. The minimum absolute atomic E-state index is 0.0723. The molecule has 3 rings (SSSR count). The Morgan fingerprint density at radius 3 is 2.61 bits per heavy atom. The summed E-state index contributed by atoms with van der Waals surface area (Å²) in [4.78, 5) is 14.5. The molecule has 0 unspecified atom stereocenters. The molecule has 0 bridgehead atoms. The first kappa shape index (κ1) is 16.0. The van der Waals surface area contributed by atoms with Crippen LogP contribution in [0.1, 0.15) is 29.5 Å². The third kappa shape index (κ3) is 3.38. The van der Waals surface area contributed by atoms with E-state index in [2.05, 4.69) is 17.2 Å². The first-order chi connectivity index (χ1) is 11.2. The second kappa shape index (κ2) is 7.10. The second-order valence-corrected chi connectivity index (χ2v) is 5.86. The number of aromatic nitrogens is 3. The van der Waals surface area contributed by atoms with Crippen LogP contribution in [0.25, 0.3) is 5.69 Å². The molecule has 0 N–H and O–H groups in total. The van der Waals surface area contributed by atoms with E-state index in [1.54, 1.807) is 21.7 Å². The van der Waals surface area contributed by atoms with Gasteiger partial charge in [-0.2, -0.15) is 0 Å². The second-order valence-electron chi connectivity index (χ2n) is 5.43. The van der Waals surface area contributed by atoms with Gasteiger partial charge in [-0.1, -0.05) is 30.2 Å². The van der Waals surface area contributed by atoms with Crippen LogP contribution in [-0.4, -0.2) is 52.1 Å². The highest BCUT2D eigenvalue weighted by molar-refractivity contribution is 6.30. The lowest BCUT2D eigenvalue weighted by Crippen LogP contribution is -2.41. The van der Waals surface area contributed by atoms with Crippen molar-refractivity contribution in [1.29, 1.82) is 0 Å².